The Hall–Kier alpha value is -3.45. The van der Waals surface area contributed by atoms with Gasteiger partial charge in [-0.25, -0.2) is 9.78 Å². The molecule has 7 heteroatoms. The van der Waals surface area contributed by atoms with Gasteiger partial charge in [0.2, 0.25) is 5.91 Å². The molecule has 1 N–H and O–H groups in total. The first-order valence-corrected chi connectivity index (χ1v) is 9.74. The summed E-state index contributed by atoms with van der Waals surface area (Å²) in [5.41, 5.74) is 2.30. The molecule has 0 spiro atoms. The SMILES string of the molecule is COC(=O)c1ccccc1NC(=O)/C=C/c1ccccc1OCc1csc(C)n1. The van der Waals surface area contributed by atoms with Crippen molar-refractivity contribution < 1.29 is 19.1 Å². The molecule has 0 aliphatic carbocycles. The molecule has 2 aromatic carbocycles. The highest BCUT2D eigenvalue weighted by Crippen LogP contribution is 2.22. The first-order chi connectivity index (χ1) is 14.1. The van der Waals surface area contributed by atoms with Crippen molar-refractivity contribution in [1.29, 1.82) is 0 Å². The predicted octanol–water partition coefficient (Wildman–Crippen LogP) is 4.47. The average molecular weight is 408 g/mol. The maximum atomic E-state index is 12.3. The molecule has 0 unspecified atom stereocenters. The number of aromatic nitrogens is 1. The summed E-state index contributed by atoms with van der Waals surface area (Å²) >= 11 is 1.57. The number of thiazole rings is 1. The number of hydrogen-bond acceptors (Lipinski definition) is 6. The zero-order chi connectivity index (χ0) is 20.6. The molecule has 0 saturated heterocycles. The third-order valence-corrected chi connectivity index (χ3v) is 4.79. The maximum absolute atomic E-state index is 12.3. The van der Waals surface area contributed by atoms with Gasteiger partial charge in [-0.1, -0.05) is 30.3 Å². The molecule has 0 fully saturated rings. The first-order valence-electron chi connectivity index (χ1n) is 8.86. The van der Waals surface area contributed by atoms with Gasteiger partial charge in [-0.15, -0.1) is 11.3 Å². The van der Waals surface area contributed by atoms with Gasteiger partial charge in [-0.05, 0) is 31.2 Å². The van der Waals surface area contributed by atoms with E-state index in [2.05, 4.69) is 10.3 Å². The van der Waals surface area contributed by atoms with E-state index in [0.717, 1.165) is 16.3 Å². The van der Waals surface area contributed by atoms with Crippen LogP contribution in [0.2, 0.25) is 0 Å². The Morgan fingerprint density at radius 1 is 1.14 bits per heavy atom. The zero-order valence-corrected chi connectivity index (χ0v) is 16.9. The smallest absolute Gasteiger partial charge is 0.339 e. The highest BCUT2D eigenvalue weighted by atomic mass is 32.1. The van der Waals surface area contributed by atoms with Crippen LogP contribution < -0.4 is 10.1 Å². The van der Waals surface area contributed by atoms with Crippen molar-refractivity contribution in [2.24, 2.45) is 0 Å². The molecule has 29 heavy (non-hydrogen) atoms. The quantitative estimate of drug-likeness (QED) is 0.461. The Kier molecular flexibility index (Phi) is 6.76. The van der Waals surface area contributed by atoms with Crippen LogP contribution >= 0.6 is 11.3 Å². The lowest BCUT2D eigenvalue weighted by molar-refractivity contribution is -0.111. The van der Waals surface area contributed by atoms with Crippen LogP contribution in [-0.2, 0) is 16.1 Å². The zero-order valence-electron chi connectivity index (χ0n) is 16.0. The molecular weight excluding hydrogens is 388 g/mol. The van der Waals surface area contributed by atoms with Gasteiger partial charge < -0.3 is 14.8 Å². The lowest BCUT2D eigenvalue weighted by Crippen LogP contribution is -2.12. The first kappa shape index (κ1) is 20.3. The number of anilines is 1. The van der Waals surface area contributed by atoms with E-state index >= 15 is 0 Å². The molecule has 0 radical (unpaired) electrons. The molecule has 3 aromatic rings. The molecule has 0 atom stereocenters. The number of rotatable bonds is 7. The van der Waals surface area contributed by atoms with Crippen molar-refractivity contribution in [3.63, 3.8) is 0 Å². The van der Waals surface area contributed by atoms with E-state index in [9.17, 15) is 9.59 Å². The Labute approximate surface area is 172 Å². The number of para-hydroxylation sites is 2. The summed E-state index contributed by atoms with van der Waals surface area (Å²) in [6.45, 7) is 2.30. The van der Waals surface area contributed by atoms with Crippen LogP contribution in [0.5, 0.6) is 5.75 Å². The van der Waals surface area contributed by atoms with E-state index in [4.69, 9.17) is 9.47 Å². The fourth-order valence-corrected chi connectivity index (χ4v) is 3.19. The average Bonchev–Trinajstić information content (AvgIpc) is 3.16. The van der Waals surface area contributed by atoms with Crippen molar-refractivity contribution in [3.05, 3.63) is 81.8 Å². The van der Waals surface area contributed by atoms with E-state index in [1.165, 1.54) is 13.2 Å². The minimum Gasteiger partial charge on any atom is -0.487 e. The number of nitrogens with one attached hydrogen (secondary N) is 1. The Balaban J connectivity index is 1.69. The molecule has 0 saturated carbocycles. The molecule has 148 valence electrons. The lowest BCUT2D eigenvalue weighted by Gasteiger charge is -2.09. The molecule has 0 aliphatic heterocycles. The van der Waals surface area contributed by atoms with Crippen LogP contribution in [0.3, 0.4) is 0 Å². The van der Waals surface area contributed by atoms with Crippen molar-refractivity contribution in [1.82, 2.24) is 4.98 Å². The van der Waals surface area contributed by atoms with Crippen LogP contribution in [0, 0.1) is 6.92 Å². The lowest BCUT2D eigenvalue weighted by atomic mass is 10.1. The maximum Gasteiger partial charge on any atom is 0.339 e. The summed E-state index contributed by atoms with van der Waals surface area (Å²) in [5.74, 6) is -0.232. The van der Waals surface area contributed by atoms with E-state index in [-0.39, 0.29) is 5.91 Å². The largest absolute Gasteiger partial charge is 0.487 e. The summed E-state index contributed by atoms with van der Waals surface area (Å²) in [4.78, 5) is 28.5. The number of carbonyl (C=O) groups excluding carboxylic acids is 2. The summed E-state index contributed by atoms with van der Waals surface area (Å²) in [7, 11) is 1.30. The van der Waals surface area contributed by atoms with Gasteiger partial charge in [0, 0.05) is 17.0 Å². The van der Waals surface area contributed by atoms with Crippen molar-refractivity contribution in [3.8, 4) is 5.75 Å². The van der Waals surface area contributed by atoms with E-state index < -0.39 is 5.97 Å². The third kappa shape index (κ3) is 5.52. The second-order valence-electron chi connectivity index (χ2n) is 6.04. The molecule has 3 rings (SSSR count). The highest BCUT2D eigenvalue weighted by Gasteiger charge is 2.12. The van der Waals surface area contributed by atoms with Crippen LogP contribution in [0.4, 0.5) is 5.69 Å². The Morgan fingerprint density at radius 2 is 1.90 bits per heavy atom. The van der Waals surface area contributed by atoms with Crippen molar-refractivity contribution in [2.75, 3.05) is 12.4 Å². The predicted molar refractivity (Wildman–Crippen MR) is 113 cm³/mol. The van der Waals surface area contributed by atoms with E-state index in [1.54, 1.807) is 41.7 Å². The molecule has 1 heterocycles. The normalized spacial score (nSPS) is 10.7. The molecule has 1 aromatic heterocycles. The second kappa shape index (κ2) is 9.66. The third-order valence-electron chi connectivity index (χ3n) is 3.97. The fraction of sp³-hybridized carbons (Fsp3) is 0.136. The Morgan fingerprint density at radius 3 is 2.66 bits per heavy atom. The monoisotopic (exact) mass is 408 g/mol. The van der Waals surface area contributed by atoms with Crippen LogP contribution in [0.25, 0.3) is 6.08 Å². The van der Waals surface area contributed by atoms with Crippen molar-refractivity contribution in [2.45, 2.75) is 13.5 Å². The molecule has 1 amide bonds. The standard InChI is InChI=1S/C22H20N2O4S/c1-15-23-17(14-29-15)13-28-20-10-6-3-7-16(20)11-12-21(25)24-19-9-5-4-8-18(19)22(26)27-2/h3-12,14H,13H2,1-2H3,(H,24,25)/b12-11+. The van der Waals surface area contributed by atoms with Gasteiger partial charge in [0.25, 0.3) is 0 Å². The minimum absolute atomic E-state index is 0.291. The number of carbonyl (C=O) groups is 2. The number of esters is 1. The summed E-state index contributed by atoms with van der Waals surface area (Å²) in [6.07, 6.45) is 3.06. The van der Waals surface area contributed by atoms with Gasteiger partial charge in [0.1, 0.15) is 12.4 Å². The molecular formula is C22H20N2O4S. The number of hydrogen-bond donors (Lipinski definition) is 1. The minimum atomic E-state index is -0.513. The number of benzene rings is 2. The van der Waals surface area contributed by atoms with Crippen LogP contribution in [0.15, 0.2) is 60.0 Å². The number of nitrogens with zero attached hydrogens (tertiary/aromatic N) is 1. The topological polar surface area (TPSA) is 77.5 Å². The number of methoxy groups -OCH3 is 1. The Bertz CT molecular complexity index is 1040. The summed E-state index contributed by atoms with van der Waals surface area (Å²) in [6, 6.07) is 14.1. The summed E-state index contributed by atoms with van der Waals surface area (Å²) < 4.78 is 10.6. The number of ether oxygens (including phenoxy) is 2. The van der Waals surface area contributed by atoms with Gasteiger partial charge in [0.05, 0.1) is 29.1 Å². The second-order valence-corrected chi connectivity index (χ2v) is 7.11. The summed E-state index contributed by atoms with van der Waals surface area (Å²) in [5, 5.41) is 5.65. The fourth-order valence-electron chi connectivity index (χ4n) is 2.60. The van der Waals surface area contributed by atoms with E-state index in [1.807, 2.05) is 36.6 Å². The van der Waals surface area contributed by atoms with Gasteiger partial charge in [-0.2, -0.15) is 0 Å². The van der Waals surface area contributed by atoms with Crippen LogP contribution in [0.1, 0.15) is 26.6 Å². The molecule has 0 bridgehead atoms. The highest BCUT2D eigenvalue weighted by molar-refractivity contribution is 7.09. The van der Waals surface area contributed by atoms with Gasteiger partial charge in [-0.3, -0.25) is 4.79 Å². The van der Waals surface area contributed by atoms with Crippen molar-refractivity contribution >= 4 is 35.0 Å². The van der Waals surface area contributed by atoms with Gasteiger partial charge >= 0.3 is 5.97 Å². The number of amides is 1. The van der Waals surface area contributed by atoms with Gasteiger partial charge in [0.15, 0.2) is 0 Å². The molecule has 0 aliphatic rings. The number of aryl methyl sites for hydroxylation is 1. The van der Waals surface area contributed by atoms with E-state index in [0.29, 0.717) is 23.6 Å². The molecule has 6 nitrogen and oxygen atoms in total. The van der Waals surface area contributed by atoms with Crippen LogP contribution in [-0.4, -0.2) is 24.0 Å².